The van der Waals surface area contributed by atoms with Crippen LogP contribution < -0.4 is 10.3 Å². The first-order valence-electron chi connectivity index (χ1n) is 7.42. The largest absolute Gasteiger partial charge is 0.497 e. The van der Waals surface area contributed by atoms with Crippen molar-refractivity contribution >= 4 is 18.6 Å². The molecule has 0 fully saturated rings. The number of nitrogens with zero attached hydrogens (tertiary/aromatic N) is 1. The van der Waals surface area contributed by atoms with Crippen molar-refractivity contribution in [3.8, 4) is 16.9 Å². The van der Waals surface area contributed by atoms with E-state index in [1.165, 1.54) is 0 Å². The normalized spacial score (nSPS) is 10.8. The zero-order valence-electron chi connectivity index (χ0n) is 13.1. The lowest BCUT2D eigenvalue weighted by molar-refractivity contribution is 0.415. The van der Waals surface area contributed by atoms with Crippen LogP contribution in [-0.4, -0.2) is 19.5 Å². The smallest absolute Gasteiger partial charge is 0.258 e. The first-order chi connectivity index (χ1) is 10.7. The summed E-state index contributed by atoms with van der Waals surface area (Å²) in [7, 11) is 5.57. The van der Waals surface area contributed by atoms with Crippen LogP contribution in [0.5, 0.6) is 5.75 Å². The molecule has 0 saturated carbocycles. The molecule has 4 heteroatoms. The van der Waals surface area contributed by atoms with Gasteiger partial charge in [0.05, 0.1) is 7.11 Å². The molecule has 110 valence electrons. The first-order valence-corrected chi connectivity index (χ1v) is 7.42. The Hall–Kier alpha value is -2.49. The molecule has 0 saturated heterocycles. The lowest BCUT2D eigenvalue weighted by Crippen LogP contribution is -2.22. The summed E-state index contributed by atoms with van der Waals surface area (Å²) < 4.78 is 7.11. The maximum atomic E-state index is 12.6. The van der Waals surface area contributed by atoms with E-state index in [9.17, 15) is 4.79 Å². The van der Waals surface area contributed by atoms with Gasteiger partial charge in [0.15, 0.2) is 0 Å². The maximum absolute atomic E-state index is 12.6. The van der Waals surface area contributed by atoms with Crippen molar-refractivity contribution in [3.05, 3.63) is 64.6 Å². The monoisotopic (exact) mass is 291 g/mol. The Kier molecular flexibility index (Phi) is 3.76. The Morgan fingerprint density at radius 3 is 2.45 bits per heavy atom. The molecular weight excluding hydrogens is 273 g/mol. The van der Waals surface area contributed by atoms with Gasteiger partial charge in [-0.15, -0.1) is 0 Å². The van der Waals surface area contributed by atoms with E-state index in [1.807, 2.05) is 43.4 Å². The van der Waals surface area contributed by atoms with Crippen molar-refractivity contribution < 1.29 is 4.74 Å². The Labute approximate surface area is 130 Å². The number of fused-ring (bicyclic) bond motifs is 1. The number of rotatable bonds is 3. The van der Waals surface area contributed by atoms with Gasteiger partial charge in [0.2, 0.25) is 0 Å². The van der Waals surface area contributed by atoms with Crippen LogP contribution in [0.3, 0.4) is 0 Å². The summed E-state index contributed by atoms with van der Waals surface area (Å²) in [6.07, 6.45) is 0.795. The van der Waals surface area contributed by atoms with Gasteiger partial charge in [0.25, 0.3) is 5.56 Å². The van der Waals surface area contributed by atoms with Crippen LogP contribution in [-0.2, 0) is 13.4 Å². The summed E-state index contributed by atoms with van der Waals surface area (Å²) in [6, 6.07) is 15.8. The molecule has 1 aromatic heterocycles. The second kappa shape index (κ2) is 5.72. The molecule has 0 amide bonds. The average Bonchev–Trinajstić information content (AvgIpc) is 2.58. The zero-order valence-corrected chi connectivity index (χ0v) is 13.1. The molecule has 0 bridgehead atoms. The highest BCUT2D eigenvalue weighted by Gasteiger charge is 2.15. The van der Waals surface area contributed by atoms with E-state index in [-0.39, 0.29) is 5.56 Å². The summed E-state index contributed by atoms with van der Waals surface area (Å²) in [5, 5.41) is 1.67. The Morgan fingerprint density at radius 2 is 1.82 bits per heavy atom. The first kappa shape index (κ1) is 14.5. The predicted molar refractivity (Wildman–Crippen MR) is 93.4 cm³/mol. The minimum absolute atomic E-state index is 0.0363. The summed E-state index contributed by atoms with van der Waals surface area (Å²) in [5.41, 5.74) is 3.30. The standard InChI is InChI=1S/C18H18BNO2/c1-20-16(11-19)17(12-6-4-3-5-7-12)15-10-13(22-2)8-9-14(15)18(20)21/h3-10H,11,19H2,1-2H3. The fourth-order valence-corrected chi connectivity index (χ4v) is 3.01. The fraction of sp³-hybridized carbons (Fsp3) is 0.167. The van der Waals surface area contributed by atoms with Gasteiger partial charge in [-0.05, 0) is 30.1 Å². The fourth-order valence-electron chi connectivity index (χ4n) is 3.01. The van der Waals surface area contributed by atoms with E-state index in [1.54, 1.807) is 11.7 Å². The van der Waals surface area contributed by atoms with Crippen LogP contribution in [0.2, 0.25) is 0 Å². The molecule has 0 aliphatic carbocycles. The van der Waals surface area contributed by atoms with E-state index in [4.69, 9.17) is 4.74 Å². The lowest BCUT2D eigenvalue weighted by Gasteiger charge is -2.17. The van der Waals surface area contributed by atoms with E-state index >= 15 is 0 Å². The lowest BCUT2D eigenvalue weighted by atomic mass is 9.90. The molecule has 0 radical (unpaired) electrons. The molecule has 1 heterocycles. The van der Waals surface area contributed by atoms with Crippen molar-refractivity contribution in [2.45, 2.75) is 6.32 Å². The second-order valence-electron chi connectivity index (χ2n) is 5.32. The highest BCUT2D eigenvalue weighted by molar-refractivity contribution is 6.10. The summed E-state index contributed by atoms with van der Waals surface area (Å²) >= 11 is 0. The maximum Gasteiger partial charge on any atom is 0.258 e. The highest BCUT2D eigenvalue weighted by Crippen LogP contribution is 2.32. The SMILES string of the molecule is BCc1c(-c2ccccc2)c2cc(OC)ccc2c(=O)n1C. The van der Waals surface area contributed by atoms with Crippen LogP contribution in [0.15, 0.2) is 53.3 Å². The number of methoxy groups -OCH3 is 1. The molecule has 0 unspecified atom stereocenters. The molecular formula is C18H18BNO2. The summed E-state index contributed by atoms with van der Waals surface area (Å²) in [5.74, 6) is 0.764. The van der Waals surface area contributed by atoms with Crippen LogP contribution in [0, 0.1) is 0 Å². The quantitative estimate of drug-likeness (QED) is 0.694. The number of ether oxygens (including phenoxy) is 1. The van der Waals surface area contributed by atoms with Crippen molar-refractivity contribution in [2.24, 2.45) is 7.05 Å². The average molecular weight is 291 g/mol. The van der Waals surface area contributed by atoms with E-state index in [2.05, 4.69) is 20.0 Å². The van der Waals surface area contributed by atoms with Crippen molar-refractivity contribution in [3.63, 3.8) is 0 Å². The minimum Gasteiger partial charge on any atom is -0.497 e. The zero-order chi connectivity index (χ0) is 15.7. The Morgan fingerprint density at radius 1 is 1.09 bits per heavy atom. The number of pyridine rings is 1. The van der Waals surface area contributed by atoms with Crippen molar-refractivity contribution in [1.29, 1.82) is 0 Å². The summed E-state index contributed by atoms with van der Waals surface area (Å²) in [6.45, 7) is 0. The van der Waals surface area contributed by atoms with Gasteiger partial charge in [0, 0.05) is 29.1 Å². The van der Waals surface area contributed by atoms with Crippen LogP contribution >= 0.6 is 0 Å². The minimum atomic E-state index is 0.0363. The molecule has 3 nitrogen and oxygen atoms in total. The third-order valence-corrected chi connectivity index (χ3v) is 4.12. The topological polar surface area (TPSA) is 31.2 Å². The molecule has 2 aromatic carbocycles. The second-order valence-corrected chi connectivity index (χ2v) is 5.32. The van der Waals surface area contributed by atoms with Gasteiger partial charge in [-0.2, -0.15) is 0 Å². The predicted octanol–water partition coefficient (Wildman–Crippen LogP) is 2.35. The van der Waals surface area contributed by atoms with Crippen molar-refractivity contribution in [2.75, 3.05) is 7.11 Å². The molecule has 0 atom stereocenters. The number of hydrogen-bond acceptors (Lipinski definition) is 2. The number of benzene rings is 2. The summed E-state index contributed by atoms with van der Waals surface area (Å²) in [4.78, 5) is 12.6. The number of hydrogen-bond donors (Lipinski definition) is 0. The van der Waals surface area contributed by atoms with Crippen LogP contribution in [0.1, 0.15) is 5.69 Å². The van der Waals surface area contributed by atoms with E-state index in [0.29, 0.717) is 0 Å². The molecule has 3 rings (SSSR count). The molecule has 3 aromatic rings. The Bertz CT molecular complexity index is 885. The van der Waals surface area contributed by atoms with Gasteiger partial charge in [-0.25, -0.2) is 0 Å². The highest BCUT2D eigenvalue weighted by atomic mass is 16.5. The van der Waals surface area contributed by atoms with Gasteiger partial charge >= 0.3 is 0 Å². The molecule has 0 spiro atoms. The molecule has 0 aliphatic rings. The van der Waals surface area contributed by atoms with Gasteiger partial charge in [0.1, 0.15) is 13.6 Å². The number of aromatic nitrogens is 1. The van der Waals surface area contributed by atoms with E-state index in [0.717, 1.165) is 39.7 Å². The van der Waals surface area contributed by atoms with E-state index < -0.39 is 0 Å². The third-order valence-electron chi connectivity index (χ3n) is 4.12. The van der Waals surface area contributed by atoms with Crippen LogP contribution in [0.4, 0.5) is 0 Å². The van der Waals surface area contributed by atoms with Gasteiger partial charge < -0.3 is 9.30 Å². The molecule has 22 heavy (non-hydrogen) atoms. The van der Waals surface area contributed by atoms with Crippen molar-refractivity contribution in [1.82, 2.24) is 4.57 Å². The van der Waals surface area contributed by atoms with Gasteiger partial charge in [-0.3, -0.25) is 4.79 Å². The molecule has 0 N–H and O–H groups in total. The third kappa shape index (κ3) is 2.21. The van der Waals surface area contributed by atoms with Crippen LogP contribution in [0.25, 0.3) is 21.9 Å². The molecule has 0 aliphatic heterocycles. The Balaban J connectivity index is 2.51. The van der Waals surface area contributed by atoms with Gasteiger partial charge in [-0.1, -0.05) is 30.3 Å².